The van der Waals surface area contributed by atoms with Gasteiger partial charge in [-0.1, -0.05) is 6.07 Å². The summed E-state index contributed by atoms with van der Waals surface area (Å²) in [7, 11) is -2.77. The zero-order valence-electron chi connectivity index (χ0n) is 15.5. The van der Waals surface area contributed by atoms with Gasteiger partial charge in [0.2, 0.25) is 16.0 Å². The van der Waals surface area contributed by atoms with Crippen LogP contribution < -0.4 is 5.73 Å². The Bertz CT molecular complexity index is 1120. The minimum absolute atomic E-state index is 0.0907. The van der Waals surface area contributed by atoms with Crippen molar-refractivity contribution in [3.05, 3.63) is 64.7 Å². The molecule has 0 fully saturated rings. The largest absolute Gasteiger partial charge is 0.369 e. The van der Waals surface area contributed by atoms with Crippen LogP contribution in [-0.4, -0.2) is 42.3 Å². The van der Waals surface area contributed by atoms with Crippen molar-refractivity contribution in [2.45, 2.75) is 18.9 Å². The van der Waals surface area contributed by atoms with E-state index in [9.17, 15) is 22.0 Å². The molecule has 3 rings (SSSR count). The number of carbonyl (C=O) groups excluding carboxylic acids is 1. The number of nitrogens with zero attached hydrogens (tertiary/aromatic N) is 3. The lowest BCUT2D eigenvalue weighted by atomic mass is 9.90. The number of nitrogens with two attached hydrogens (primary N) is 1. The molecule has 0 spiro atoms. The van der Waals surface area contributed by atoms with Crippen molar-refractivity contribution in [3.63, 3.8) is 0 Å². The third-order valence-electron chi connectivity index (χ3n) is 4.64. The molecule has 1 aliphatic rings. The van der Waals surface area contributed by atoms with Gasteiger partial charge >= 0.3 is 0 Å². The molecular weight excluding hydrogens is 409 g/mol. The molecule has 154 valence electrons. The van der Waals surface area contributed by atoms with Crippen LogP contribution in [0.5, 0.6) is 0 Å². The molecule has 2 heterocycles. The van der Waals surface area contributed by atoms with Crippen LogP contribution in [0.15, 0.2) is 35.5 Å². The number of hydrogen-bond donors (Lipinski definition) is 1. The van der Waals surface area contributed by atoms with Gasteiger partial charge in [0.15, 0.2) is 5.78 Å². The summed E-state index contributed by atoms with van der Waals surface area (Å²) in [6, 6.07) is 4.20. The zero-order valence-corrected chi connectivity index (χ0v) is 16.3. The molecule has 0 radical (unpaired) electrons. The van der Waals surface area contributed by atoms with E-state index in [4.69, 9.17) is 5.73 Å². The van der Waals surface area contributed by atoms with E-state index < -0.39 is 62.5 Å². The predicted molar refractivity (Wildman–Crippen MR) is 99.1 cm³/mol. The number of aromatic nitrogens is 1. The lowest BCUT2D eigenvalue weighted by molar-refractivity contribution is 0.0986. The van der Waals surface area contributed by atoms with E-state index in [2.05, 4.69) is 9.98 Å². The average Bonchev–Trinajstić information content (AvgIpc) is 2.62. The van der Waals surface area contributed by atoms with Gasteiger partial charge in [-0.25, -0.2) is 30.9 Å². The van der Waals surface area contributed by atoms with E-state index in [1.807, 2.05) is 0 Å². The second-order valence-corrected chi connectivity index (χ2v) is 8.82. The normalized spacial score (nSPS) is 21.0. The summed E-state index contributed by atoms with van der Waals surface area (Å²) >= 11 is 0. The first-order chi connectivity index (χ1) is 13.4. The van der Waals surface area contributed by atoms with Gasteiger partial charge in [-0.2, -0.15) is 0 Å². The van der Waals surface area contributed by atoms with E-state index in [1.165, 1.54) is 14.0 Å². The number of aliphatic imine (C=N–C) groups is 1. The molecule has 2 N–H and O–H groups in total. The highest BCUT2D eigenvalue weighted by molar-refractivity contribution is 7.89. The fourth-order valence-electron chi connectivity index (χ4n) is 3.11. The molecule has 1 aromatic heterocycles. The Labute approximate surface area is 165 Å². The van der Waals surface area contributed by atoms with E-state index in [1.54, 1.807) is 0 Å². The van der Waals surface area contributed by atoms with Gasteiger partial charge in [0.05, 0.1) is 17.5 Å². The van der Waals surface area contributed by atoms with Crippen LogP contribution in [0.4, 0.5) is 13.2 Å². The van der Waals surface area contributed by atoms with Gasteiger partial charge in [0, 0.05) is 13.5 Å². The summed E-state index contributed by atoms with van der Waals surface area (Å²) in [6.45, 7) is 1.25. The number of halogens is 3. The highest BCUT2D eigenvalue weighted by Gasteiger charge is 2.43. The quantitative estimate of drug-likeness (QED) is 0.750. The molecule has 29 heavy (non-hydrogen) atoms. The van der Waals surface area contributed by atoms with Crippen LogP contribution in [0.25, 0.3) is 0 Å². The first-order valence-corrected chi connectivity index (χ1v) is 9.99. The lowest BCUT2D eigenvalue weighted by Crippen LogP contribution is -2.50. The highest BCUT2D eigenvalue weighted by atomic mass is 32.2. The molecule has 11 heteroatoms. The SMILES string of the molecule is CN1C(N)=N[C@](C)(c2c(F)ccc(CC(=O)c3ccc(F)cn3)c2F)CS1(=O)=O. The monoisotopic (exact) mass is 426 g/mol. The summed E-state index contributed by atoms with van der Waals surface area (Å²) in [4.78, 5) is 20.0. The molecule has 1 atom stereocenters. The van der Waals surface area contributed by atoms with Crippen molar-refractivity contribution in [1.82, 2.24) is 9.29 Å². The molecule has 0 aliphatic carbocycles. The minimum Gasteiger partial charge on any atom is -0.369 e. The third-order valence-corrected chi connectivity index (χ3v) is 6.59. The number of hydrogen-bond acceptors (Lipinski definition) is 6. The standard InChI is InChI=1S/C18H17F3N4O3S/c1-18(9-29(27,28)25(2)17(22)24-18)15-12(20)5-3-10(16(15)21)7-14(26)13-6-4-11(19)8-23-13/h3-6,8H,7,9H2,1-2H3,(H2,22,24)/t18-/m0/s1. The van der Waals surface area contributed by atoms with Crippen molar-refractivity contribution >= 4 is 21.8 Å². The van der Waals surface area contributed by atoms with Crippen LogP contribution in [0, 0.1) is 17.5 Å². The second kappa shape index (κ2) is 7.14. The summed E-state index contributed by atoms with van der Waals surface area (Å²) < 4.78 is 68.0. The smallest absolute Gasteiger partial charge is 0.239 e. The van der Waals surface area contributed by atoms with Crippen LogP contribution >= 0.6 is 0 Å². The molecule has 2 aromatic rings. The predicted octanol–water partition coefficient (Wildman–Crippen LogP) is 1.73. The molecule has 7 nitrogen and oxygen atoms in total. The molecule has 0 unspecified atom stereocenters. The average molecular weight is 426 g/mol. The van der Waals surface area contributed by atoms with E-state index in [0.717, 1.165) is 34.8 Å². The van der Waals surface area contributed by atoms with E-state index in [0.29, 0.717) is 0 Å². The number of sulfonamides is 1. The van der Waals surface area contributed by atoms with Crippen LogP contribution in [0.3, 0.4) is 0 Å². The number of rotatable bonds is 4. The fraction of sp³-hybridized carbons (Fsp3) is 0.278. The fourth-order valence-corrected chi connectivity index (χ4v) is 4.55. The van der Waals surface area contributed by atoms with Crippen molar-refractivity contribution in [1.29, 1.82) is 0 Å². The molecule has 0 bridgehead atoms. The molecule has 0 saturated carbocycles. The van der Waals surface area contributed by atoms with Gasteiger partial charge in [-0.3, -0.25) is 9.78 Å². The van der Waals surface area contributed by atoms with E-state index >= 15 is 4.39 Å². The van der Waals surface area contributed by atoms with Gasteiger partial charge in [-0.05, 0) is 30.7 Å². The van der Waals surface area contributed by atoms with Crippen molar-refractivity contribution in [2.75, 3.05) is 12.8 Å². The molecule has 1 aromatic carbocycles. The van der Waals surface area contributed by atoms with Crippen LogP contribution in [-0.2, 0) is 22.0 Å². The topological polar surface area (TPSA) is 106 Å². The minimum atomic E-state index is -3.95. The zero-order chi connectivity index (χ0) is 21.6. The highest BCUT2D eigenvalue weighted by Crippen LogP contribution is 2.36. The number of guanidine groups is 1. The Hall–Kier alpha value is -2.95. The Morgan fingerprint density at radius 3 is 2.52 bits per heavy atom. The number of ketones is 1. The van der Waals surface area contributed by atoms with Crippen LogP contribution in [0.2, 0.25) is 0 Å². The Morgan fingerprint density at radius 2 is 1.93 bits per heavy atom. The maximum Gasteiger partial charge on any atom is 0.239 e. The van der Waals surface area contributed by atoms with Gasteiger partial charge < -0.3 is 5.73 Å². The Kier molecular flexibility index (Phi) is 5.11. The molecule has 1 aliphatic heterocycles. The summed E-state index contributed by atoms with van der Waals surface area (Å²) in [5.41, 5.74) is 2.94. The van der Waals surface area contributed by atoms with Gasteiger partial charge in [-0.15, -0.1) is 0 Å². The van der Waals surface area contributed by atoms with Crippen molar-refractivity contribution < 1.29 is 26.4 Å². The molecular formula is C18H17F3N4O3S. The first-order valence-electron chi connectivity index (χ1n) is 8.38. The van der Waals surface area contributed by atoms with Crippen LogP contribution in [0.1, 0.15) is 28.5 Å². The summed E-state index contributed by atoms with van der Waals surface area (Å²) in [6.07, 6.45) is 0.362. The number of carbonyl (C=O) groups is 1. The number of benzene rings is 1. The molecule has 0 saturated heterocycles. The van der Waals surface area contributed by atoms with E-state index in [-0.39, 0.29) is 11.3 Å². The van der Waals surface area contributed by atoms with Gasteiger partial charge in [0.1, 0.15) is 28.7 Å². The summed E-state index contributed by atoms with van der Waals surface area (Å²) in [5.74, 6) is -4.48. The summed E-state index contributed by atoms with van der Waals surface area (Å²) in [5, 5.41) is 0. The third kappa shape index (κ3) is 3.82. The molecule has 0 amide bonds. The van der Waals surface area contributed by atoms with Crippen molar-refractivity contribution in [3.8, 4) is 0 Å². The Balaban J connectivity index is 2.04. The number of Topliss-reactive ketones (excluding diaryl/α,β-unsaturated/α-hetero) is 1. The lowest BCUT2D eigenvalue weighted by Gasteiger charge is -2.35. The van der Waals surface area contributed by atoms with Gasteiger partial charge in [0.25, 0.3) is 0 Å². The number of pyridine rings is 1. The first kappa shape index (κ1) is 20.8. The second-order valence-electron chi connectivity index (χ2n) is 6.82. The maximum absolute atomic E-state index is 15.2. The van der Waals surface area contributed by atoms with Crippen molar-refractivity contribution in [2.24, 2.45) is 10.7 Å². The maximum atomic E-state index is 15.2. The Morgan fingerprint density at radius 1 is 1.24 bits per heavy atom.